The third kappa shape index (κ3) is 39.1. The first-order valence-corrected chi connectivity index (χ1v) is 18.1. The molecule has 0 saturated carbocycles. The molecule has 0 aliphatic rings. The molecule has 9 nitrogen and oxygen atoms in total. The molecule has 0 fully saturated rings. The summed E-state index contributed by atoms with van der Waals surface area (Å²) >= 11 is 0. The van der Waals surface area contributed by atoms with Crippen LogP contribution in [0.2, 0.25) is 0 Å². The average molecular weight is 687 g/mol. The molecule has 1 unspecified atom stereocenters. The smallest absolute Gasteiger partial charge is 1.00 e. The van der Waals surface area contributed by atoms with Gasteiger partial charge in [-0.05, 0) is 19.3 Å². The zero-order chi connectivity index (χ0) is 31.9. The van der Waals surface area contributed by atoms with Crippen molar-refractivity contribution in [2.24, 2.45) is 0 Å². The van der Waals surface area contributed by atoms with Gasteiger partial charge in [0.25, 0.3) is 10.1 Å². The predicted molar refractivity (Wildman–Crippen MR) is 170 cm³/mol. The van der Waals surface area contributed by atoms with E-state index in [0.717, 1.165) is 70.6 Å². The van der Waals surface area contributed by atoms with Crippen molar-refractivity contribution in [3.05, 3.63) is 0 Å². The van der Waals surface area contributed by atoms with Crippen LogP contribution in [-0.4, -0.2) is 54.4 Å². The van der Waals surface area contributed by atoms with E-state index < -0.39 is 39.7 Å². The molecule has 254 valence electrons. The molecule has 0 heterocycles. The molecule has 0 aliphatic heterocycles. The van der Waals surface area contributed by atoms with Crippen molar-refractivity contribution in [2.75, 3.05) is 13.2 Å². The molecule has 2 N–H and O–H groups in total. The average Bonchev–Trinajstić information content (AvgIpc) is 2.93. The van der Waals surface area contributed by atoms with Crippen LogP contribution in [0.1, 0.15) is 171 Å². The fourth-order valence-electron chi connectivity index (χ4n) is 4.32. The van der Waals surface area contributed by atoms with E-state index in [-0.39, 0.29) is 97.0 Å². The van der Waals surface area contributed by atoms with E-state index in [1.54, 1.807) is 0 Å². The van der Waals surface area contributed by atoms with Crippen molar-refractivity contribution >= 4 is 28.0 Å². The summed E-state index contributed by atoms with van der Waals surface area (Å²) in [5.41, 5.74) is 0. The summed E-state index contributed by atoms with van der Waals surface area (Å²) in [6.07, 6.45) is 22.8. The third-order valence-corrected chi connectivity index (χ3v) is 8.05. The number of rotatable bonds is 28. The van der Waals surface area contributed by atoms with Gasteiger partial charge in [0.1, 0.15) is 0 Å². The molecule has 0 spiro atoms. The molecule has 44 heavy (non-hydrogen) atoms. The largest absolute Gasteiger partial charge is 1.00 e. The Morgan fingerprint density at radius 3 is 1.32 bits per heavy atom. The number of aliphatic carboxylic acids is 1. The van der Waals surface area contributed by atoms with Crippen LogP contribution in [-0.2, 0) is 34.0 Å². The zero-order valence-electron chi connectivity index (χ0n) is 30.9. The van der Waals surface area contributed by atoms with Gasteiger partial charge in [-0.1, -0.05) is 136 Å². The zero-order valence-corrected chi connectivity index (χ0v) is 34.9. The summed E-state index contributed by atoms with van der Waals surface area (Å²) in [5.74, 6) is -2.59. The second kappa shape index (κ2) is 38.4. The third-order valence-electron chi connectivity index (χ3n) is 6.97. The number of carboxylic acids is 1. The normalized spacial score (nSPS) is 11.3. The van der Waals surface area contributed by atoms with E-state index in [4.69, 9.17) is 14.6 Å². The molecule has 0 aromatic rings. The van der Waals surface area contributed by atoms with Gasteiger partial charge in [-0.3, -0.25) is 18.9 Å². The SMILES string of the molecule is CCCCCCCCCCCC(=O)O.CCCCCCCCOC(=O)CC(C(=O)OCCCCCCCC)S(=O)(=O)O.[H-].[H-].[K+].[Na+]. The topological polar surface area (TPSA) is 144 Å². The molecule has 0 rings (SSSR count). The Balaban J connectivity index is -0.000000191. The van der Waals surface area contributed by atoms with Gasteiger partial charge in [0.2, 0.25) is 0 Å². The van der Waals surface area contributed by atoms with E-state index in [2.05, 4.69) is 20.8 Å². The number of hydrogen-bond acceptors (Lipinski definition) is 7. The fourth-order valence-corrected chi connectivity index (χ4v) is 4.98. The number of carbonyl (C=O) groups excluding carboxylic acids is 2. The second-order valence-electron chi connectivity index (χ2n) is 11.1. The second-order valence-corrected chi connectivity index (χ2v) is 12.7. The van der Waals surface area contributed by atoms with Crippen LogP contribution in [0.25, 0.3) is 0 Å². The molecule has 12 heteroatoms. The summed E-state index contributed by atoms with van der Waals surface area (Å²) in [7, 11) is -4.73. The van der Waals surface area contributed by atoms with Crippen molar-refractivity contribution in [3.63, 3.8) is 0 Å². The maximum atomic E-state index is 12.0. The predicted octanol–water partition coefficient (Wildman–Crippen LogP) is 2.67. The first-order chi connectivity index (χ1) is 20.1. The number of carbonyl (C=O) groups is 3. The quantitative estimate of drug-likeness (QED) is 0.0550. The molecular formula is C32H64KNaO9S. The first kappa shape index (κ1) is 51.8. The number of esters is 2. The van der Waals surface area contributed by atoms with E-state index in [1.165, 1.54) is 51.4 Å². The van der Waals surface area contributed by atoms with Crippen LogP contribution in [0.4, 0.5) is 0 Å². The fraction of sp³-hybridized carbons (Fsp3) is 0.906. The van der Waals surface area contributed by atoms with E-state index in [1.807, 2.05) is 0 Å². The van der Waals surface area contributed by atoms with Crippen LogP contribution in [0, 0.1) is 0 Å². The van der Waals surface area contributed by atoms with Gasteiger partial charge >= 0.3 is 98.8 Å². The van der Waals surface area contributed by atoms with Crippen LogP contribution >= 0.6 is 0 Å². The van der Waals surface area contributed by atoms with E-state index in [0.29, 0.717) is 19.3 Å². The van der Waals surface area contributed by atoms with Gasteiger partial charge < -0.3 is 17.4 Å². The molecule has 1 atom stereocenters. The Morgan fingerprint density at radius 1 is 0.614 bits per heavy atom. The summed E-state index contributed by atoms with van der Waals surface area (Å²) in [6, 6.07) is 0. The molecule has 0 amide bonds. The van der Waals surface area contributed by atoms with Crippen molar-refractivity contribution < 1.29 is 126 Å². The minimum atomic E-state index is -4.73. The van der Waals surface area contributed by atoms with E-state index >= 15 is 0 Å². The molecule has 0 aliphatic carbocycles. The van der Waals surface area contributed by atoms with E-state index in [9.17, 15) is 27.4 Å². The Kier molecular flexibility index (Phi) is 45.2. The monoisotopic (exact) mass is 686 g/mol. The first-order valence-electron chi connectivity index (χ1n) is 16.6. The Bertz CT molecular complexity index is 779. The van der Waals surface area contributed by atoms with Crippen molar-refractivity contribution in [3.8, 4) is 0 Å². The van der Waals surface area contributed by atoms with Gasteiger partial charge in [-0.2, -0.15) is 8.42 Å². The molecular weight excluding hydrogens is 622 g/mol. The Morgan fingerprint density at radius 2 is 0.955 bits per heavy atom. The summed E-state index contributed by atoms with van der Waals surface area (Å²) in [5, 5.41) is 6.49. The number of unbranched alkanes of at least 4 members (excludes halogenated alkanes) is 18. The van der Waals surface area contributed by atoms with Crippen molar-refractivity contribution in [1.29, 1.82) is 0 Å². The van der Waals surface area contributed by atoms with Crippen LogP contribution in [0.3, 0.4) is 0 Å². The Hall–Kier alpha value is 0.956. The van der Waals surface area contributed by atoms with Crippen LogP contribution in [0.15, 0.2) is 0 Å². The van der Waals surface area contributed by atoms with Gasteiger partial charge in [-0.15, -0.1) is 0 Å². The minimum absolute atomic E-state index is 0. The molecule has 0 radical (unpaired) electrons. The van der Waals surface area contributed by atoms with Crippen molar-refractivity contribution in [2.45, 2.75) is 174 Å². The Labute approximate surface area is 336 Å². The maximum absolute atomic E-state index is 12.0. The molecule has 0 saturated heterocycles. The van der Waals surface area contributed by atoms with Crippen LogP contribution in [0.5, 0.6) is 0 Å². The maximum Gasteiger partial charge on any atom is 1.00 e. The van der Waals surface area contributed by atoms with Gasteiger partial charge in [-0.25, -0.2) is 0 Å². The number of hydrogen-bond donors (Lipinski definition) is 2. The molecule has 0 aromatic carbocycles. The van der Waals surface area contributed by atoms with Gasteiger partial charge in [0.15, 0.2) is 5.25 Å². The van der Waals surface area contributed by atoms with Crippen LogP contribution < -0.4 is 80.9 Å². The van der Waals surface area contributed by atoms with Gasteiger partial charge in [0.05, 0.1) is 19.6 Å². The number of ether oxygens (including phenoxy) is 2. The molecule has 0 bridgehead atoms. The summed E-state index contributed by atoms with van der Waals surface area (Å²) in [4.78, 5) is 34.0. The number of carboxylic acid groups (broad SMARTS) is 1. The summed E-state index contributed by atoms with van der Waals surface area (Å²) < 4.78 is 42.0. The van der Waals surface area contributed by atoms with Crippen molar-refractivity contribution in [1.82, 2.24) is 0 Å². The summed E-state index contributed by atoms with van der Waals surface area (Å²) in [6.45, 7) is 6.73. The standard InChI is InChI=1S/C20H38O7S.C12H24O2.K.Na.2H/c1-3-5-7-9-11-13-15-26-19(21)17-18(28(23,24)25)20(22)27-16-14-12-10-8-6-4-2;1-2-3-4-5-6-7-8-9-10-11-12(13)14;;;;/h18H,3-17H2,1-2H3,(H,23,24,25);2-11H2,1H3,(H,13,14);;;;/q;;2*+1;2*-1. The minimum Gasteiger partial charge on any atom is -1.00 e. The van der Waals surface area contributed by atoms with Gasteiger partial charge in [0, 0.05) is 6.42 Å². The molecule has 0 aromatic heterocycles.